The third-order valence-electron chi connectivity index (χ3n) is 2.83. The summed E-state index contributed by atoms with van der Waals surface area (Å²) >= 11 is 0. The van der Waals surface area contributed by atoms with E-state index < -0.39 is 0 Å². The van der Waals surface area contributed by atoms with E-state index in [4.69, 9.17) is 10.5 Å². The van der Waals surface area contributed by atoms with Gasteiger partial charge >= 0.3 is 0 Å². The minimum Gasteiger partial charge on any atom is -0.385 e. The summed E-state index contributed by atoms with van der Waals surface area (Å²) in [6, 6.07) is 0. The summed E-state index contributed by atoms with van der Waals surface area (Å²) in [5, 5.41) is 2.92. The standard InChI is InChI=1S/C10H20N2O2/c1-14-7-5-10(3-4-10)8-12-9(13)2-6-11/h2-8,11H2,1H3,(H,12,13). The van der Waals surface area contributed by atoms with Crippen LogP contribution in [0, 0.1) is 5.41 Å². The number of nitrogens with two attached hydrogens (primary N) is 1. The lowest BCUT2D eigenvalue weighted by molar-refractivity contribution is -0.121. The van der Waals surface area contributed by atoms with Gasteiger partial charge in [-0.05, 0) is 24.7 Å². The van der Waals surface area contributed by atoms with Crippen LogP contribution in [0.25, 0.3) is 0 Å². The van der Waals surface area contributed by atoms with Gasteiger partial charge in [0.15, 0.2) is 0 Å². The minimum absolute atomic E-state index is 0.0659. The predicted octanol–water partition coefficient (Wildman–Crippen LogP) is 0.268. The molecule has 1 aliphatic rings. The van der Waals surface area contributed by atoms with Gasteiger partial charge < -0.3 is 15.8 Å². The molecule has 0 heterocycles. The second-order valence-corrected chi connectivity index (χ2v) is 4.06. The molecule has 1 saturated carbocycles. The van der Waals surface area contributed by atoms with E-state index in [2.05, 4.69) is 5.32 Å². The molecule has 0 saturated heterocycles. The zero-order valence-electron chi connectivity index (χ0n) is 8.84. The molecule has 0 aromatic heterocycles. The van der Waals surface area contributed by atoms with Crippen molar-refractivity contribution in [2.24, 2.45) is 11.1 Å². The Balaban J connectivity index is 2.13. The van der Waals surface area contributed by atoms with Crippen LogP contribution in [0.1, 0.15) is 25.7 Å². The van der Waals surface area contributed by atoms with E-state index in [1.807, 2.05) is 0 Å². The van der Waals surface area contributed by atoms with Crippen molar-refractivity contribution in [3.63, 3.8) is 0 Å². The summed E-state index contributed by atoms with van der Waals surface area (Å²) in [4.78, 5) is 11.2. The van der Waals surface area contributed by atoms with Gasteiger partial charge in [-0.1, -0.05) is 0 Å². The highest BCUT2D eigenvalue weighted by atomic mass is 16.5. The molecule has 3 N–H and O–H groups in total. The number of methoxy groups -OCH3 is 1. The van der Waals surface area contributed by atoms with E-state index in [-0.39, 0.29) is 5.91 Å². The number of carbonyl (C=O) groups excluding carboxylic acids is 1. The number of hydrogen-bond donors (Lipinski definition) is 2. The lowest BCUT2D eigenvalue weighted by Crippen LogP contribution is -2.31. The van der Waals surface area contributed by atoms with Crippen LogP contribution < -0.4 is 11.1 Å². The van der Waals surface area contributed by atoms with Gasteiger partial charge in [0.25, 0.3) is 0 Å². The van der Waals surface area contributed by atoms with Crippen molar-refractivity contribution in [3.8, 4) is 0 Å². The maximum absolute atomic E-state index is 11.2. The van der Waals surface area contributed by atoms with Crippen LogP contribution in [-0.2, 0) is 9.53 Å². The van der Waals surface area contributed by atoms with Gasteiger partial charge in [-0.3, -0.25) is 4.79 Å². The second kappa shape index (κ2) is 5.32. The van der Waals surface area contributed by atoms with E-state index in [0.717, 1.165) is 19.6 Å². The van der Waals surface area contributed by atoms with Gasteiger partial charge in [0, 0.05) is 33.2 Å². The molecule has 1 rings (SSSR count). The molecule has 0 atom stereocenters. The SMILES string of the molecule is COCCC1(CNC(=O)CCN)CC1. The Labute approximate surface area is 85.2 Å². The first kappa shape index (κ1) is 11.5. The molecule has 0 radical (unpaired) electrons. The smallest absolute Gasteiger partial charge is 0.221 e. The lowest BCUT2D eigenvalue weighted by Gasteiger charge is -2.15. The Bertz CT molecular complexity index is 191. The van der Waals surface area contributed by atoms with Crippen LogP contribution in [0.4, 0.5) is 0 Å². The molecule has 0 aromatic rings. The van der Waals surface area contributed by atoms with Crippen LogP contribution >= 0.6 is 0 Å². The molecular formula is C10H20N2O2. The summed E-state index contributed by atoms with van der Waals surface area (Å²) in [6.07, 6.45) is 3.89. The van der Waals surface area contributed by atoms with Gasteiger partial charge in [-0.15, -0.1) is 0 Å². The fraction of sp³-hybridized carbons (Fsp3) is 0.900. The molecule has 82 valence electrons. The molecule has 0 aliphatic heterocycles. The maximum atomic E-state index is 11.2. The van der Waals surface area contributed by atoms with Crippen molar-refractivity contribution in [2.45, 2.75) is 25.7 Å². The van der Waals surface area contributed by atoms with Crippen molar-refractivity contribution in [2.75, 3.05) is 26.8 Å². The zero-order valence-corrected chi connectivity index (χ0v) is 8.84. The van der Waals surface area contributed by atoms with Gasteiger partial charge in [-0.2, -0.15) is 0 Å². The fourth-order valence-electron chi connectivity index (χ4n) is 1.52. The van der Waals surface area contributed by atoms with E-state index in [1.165, 1.54) is 12.8 Å². The normalized spacial score (nSPS) is 17.9. The van der Waals surface area contributed by atoms with Crippen molar-refractivity contribution in [1.29, 1.82) is 0 Å². The van der Waals surface area contributed by atoms with Gasteiger partial charge in [0.1, 0.15) is 0 Å². The fourth-order valence-corrected chi connectivity index (χ4v) is 1.52. The Kier molecular flexibility index (Phi) is 4.35. The first-order valence-corrected chi connectivity index (χ1v) is 5.18. The molecule has 1 aliphatic carbocycles. The number of nitrogens with one attached hydrogen (secondary N) is 1. The Morgan fingerprint density at radius 3 is 2.79 bits per heavy atom. The van der Waals surface area contributed by atoms with Crippen molar-refractivity contribution < 1.29 is 9.53 Å². The van der Waals surface area contributed by atoms with E-state index in [9.17, 15) is 4.79 Å². The van der Waals surface area contributed by atoms with Crippen LogP contribution in [0.5, 0.6) is 0 Å². The molecular weight excluding hydrogens is 180 g/mol. The topological polar surface area (TPSA) is 64.3 Å². The number of ether oxygens (including phenoxy) is 1. The van der Waals surface area contributed by atoms with E-state index in [0.29, 0.717) is 18.4 Å². The van der Waals surface area contributed by atoms with Crippen LogP contribution in [-0.4, -0.2) is 32.7 Å². The van der Waals surface area contributed by atoms with Crippen molar-refractivity contribution >= 4 is 5.91 Å². The highest BCUT2D eigenvalue weighted by Crippen LogP contribution is 2.48. The summed E-state index contributed by atoms with van der Waals surface area (Å²) in [5.74, 6) is 0.0659. The number of carbonyl (C=O) groups is 1. The number of amides is 1. The van der Waals surface area contributed by atoms with Gasteiger partial charge in [-0.25, -0.2) is 0 Å². The van der Waals surface area contributed by atoms with Gasteiger partial charge in [0.2, 0.25) is 5.91 Å². The lowest BCUT2D eigenvalue weighted by atomic mass is 10.0. The molecule has 0 spiro atoms. The summed E-state index contributed by atoms with van der Waals surface area (Å²) < 4.78 is 5.04. The first-order valence-electron chi connectivity index (χ1n) is 5.18. The Hall–Kier alpha value is -0.610. The molecule has 0 unspecified atom stereocenters. The molecule has 0 aromatic carbocycles. The summed E-state index contributed by atoms with van der Waals surface area (Å²) in [7, 11) is 1.71. The quantitative estimate of drug-likeness (QED) is 0.620. The van der Waals surface area contributed by atoms with Crippen LogP contribution in [0.2, 0.25) is 0 Å². The third kappa shape index (κ3) is 3.64. The Morgan fingerprint density at radius 2 is 2.29 bits per heavy atom. The Morgan fingerprint density at radius 1 is 1.57 bits per heavy atom. The molecule has 1 amide bonds. The predicted molar refractivity (Wildman–Crippen MR) is 54.8 cm³/mol. The first-order chi connectivity index (χ1) is 6.72. The maximum Gasteiger partial charge on any atom is 0.221 e. The number of hydrogen-bond acceptors (Lipinski definition) is 3. The zero-order chi connectivity index (χ0) is 10.4. The highest BCUT2D eigenvalue weighted by molar-refractivity contribution is 5.76. The molecule has 1 fully saturated rings. The average Bonchev–Trinajstić information content (AvgIpc) is 2.93. The molecule has 0 bridgehead atoms. The largest absolute Gasteiger partial charge is 0.385 e. The van der Waals surface area contributed by atoms with Crippen molar-refractivity contribution in [3.05, 3.63) is 0 Å². The van der Waals surface area contributed by atoms with Crippen LogP contribution in [0.3, 0.4) is 0 Å². The van der Waals surface area contributed by atoms with Gasteiger partial charge in [0.05, 0.1) is 0 Å². The third-order valence-corrected chi connectivity index (χ3v) is 2.83. The average molecular weight is 200 g/mol. The highest BCUT2D eigenvalue weighted by Gasteiger charge is 2.41. The summed E-state index contributed by atoms with van der Waals surface area (Å²) in [6.45, 7) is 2.00. The monoisotopic (exact) mass is 200 g/mol. The minimum atomic E-state index is 0.0659. The van der Waals surface area contributed by atoms with Crippen molar-refractivity contribution in [1.82, 2.24) is 5.32 Å². The van der Waals surface area contributed by atoms with E-state index in [1.54, 1.807) is 7.11 Å². The molecule has 4 nitrogen and oxygen atoms in total. The summed E-state index contributed by atoms with van der Waals surface area (Å²) in [5.41, 5.74) is 5.62. The van der Waals surface area contributed by atoms with Crippen LogP contribution in [0.15, 0.2) is 0 Å². The van der Waals surface area contributed by atoms with E-state index >= 15 is 0 Å². The molecule has 14 heavy (non-hydrogen) atoms. The molecule has 4 heteroatoms. The number of rotatable bonds is 7. The second-order valence-electron chi connectivity index (χ2n) is 4.06.